The summed E-state index contributed by atoms with van der Waals surface area (Å²) in [5, 5.41) is 1.12. The number of pyridine rings is 1. The molecule has 0 aliphatic rings. The SMILES string of the molecule is CCCSc1ccc(Br)c(C)n1. The Morgan fingerprint density at radius 2 is 2.25 bits per heavy atom. The second-order valence-corrected chi connectivity index (χ2v) is 4.53. The van der Waals surface area contributed by atoms with E-state index < -0.39 is 0 Å². The Balaban J connectivity index is 2.69. The smallest absolute Gasteiger partial charge is 0.0963 e. The summed E-state index contributed by atoms with van der Waals surface area (Å²) in [5.41, 5.74) is 1.07. The molecule has 0 N–H and O–H groups in total. The van der Waals surface area contributed by atoms with Crippen molar-refractivity contribution in [2.75, 3.05) is 5.75 Å². The van der Waals surface area contributed by atoms with Crippen molar-refractivity contribution in [3.05, 3.63) is 22.3 Å². The van der Waals surface area contributed by atoms with Gasteiger partial charge < -0.3 is 0 Å². The van der Waals surface area contributed by atoms with E-state index in [2.05, 4.69) is 40.0 Å². The zero-order valence-corrected chi connectivity index (χ0v) is 9.70. The molecule has 0 aliphatic heterocycles. The van der Waals surface area contributed by atoms with Crippen LogP contribution in [0.15, 0.2) is 21.6 Å². The van der Waals surface area contributed by atoms with Crippen LogP contribution in [0, 0.1) is 6.92 Å². The Bertz CT molecular complexity index is 263. The van der Waals surface area contributed by atoms with Gasteiger partial charge >= 0.3 is 0 Å². The first-order chi connectivity index (χ1) is 5.74. The van der Waals surface area contributed by atoms with Gasteiger partial charge in [0.25, 0.3) is 0 Å². The van der Waals surface area contributed by atoms with Crippen LogP contribution >= 0.6 is 27.7 Å². The lowest BCUT2D eigenvalue weighted by molar-refractivity contribution is 1.04. The standard InChI is InChI=1S/C9H12BrNS/c1-3-6-12-9-5-4-8(10)7(2)11-9/h4-5H,3,6H2,1-2H3. The molecule has 0 fully saturated rings. The maximum absolute atomic E-state index is 4.43. The highest BCUT2D eigenvalue weighted by molar-refractivity contribution is 9.10. The van der Waals surface area contributed by atoms with Crippen molar-refractivity contribution in [2.24, 2.45) is 0 Å². The van der Waals surface area contributed by atoms with E-state index in [0.717, 1.165) is 20.9 Å². The van der Waals surface area contributed by atoms with Crippen molar-refractivity contribution in [3.63, 3.8) is 0 Å². The molecule has 0 aromatic carbocycles. The molecule has 12 heavy (non-hydrogen) atoms. The van der Waals surface area contributed by atoms with Crippen LogP contribution in [0.1, 0.15) is 19.0 Å². The molecule has 0 unspecified atom stereocenters. The Morgan fingerprint density at radius 3 is 2.83 bits per heavy atom. The quantitative estimate of drug-likeness (QED) is 0.755. The molecular weight excluding hydrogens is 234 g/mol. The van der Waals surface area contributed by atoms with Gasteiger partial charge in [0, 0.05) is 4.47 Å². The fraction of sp³-hybridized carbons (Fsp3) is 0.444. The molecular formula is C9H12BrNS. The van der Waals surface area contributed by atoms with Crippen molar-refractivity contribution in [1.82, 2.24) is 4.98 Å². The number of thioether (sulfide) groups is 1. The molecule has 0 aliphatic carbocycles. The summed E-state index contributed by atoms with van der Waals surface area (Å²) >= 11 is 5.24. The van der Waals surface area contributed by atoms with Gasteiger partial charge in [0.15, 0.2) is 0 Å². The Morgan fingerprint density at radius 1 is 1.50 bits per heavy atom. The molecule has 0 radical (unpaired) electrons. The minimum atomic E-state index is 1.07. The van der Waals surface area contributed by atoms with Gasteiger partial charge in [0.2, 0.25) is 0 Å². The van der Waals surface area contributed by atoms with Crippen LogP contribution in [-0.2, 0) is 0 Å². The molecule has 1 aromatic rings. The molecule has 66 valence electrons. The summed E-state index contributed by atoms with van der Waals surface area (Å²) in [7, 11) is 0. The highest BCUT2D eigenvalue weighted by Crippen LogP contribution is 2.20. The largest absolute Gasteiger partial charge is 0.246 e. The summed E-state index contributed by atoms with van der Waals surface area (Å²) in [6.45, 7) is 4.19. The zero-order chi connectivity index (χ0) is 8.97. The van der Waals surface area contributed by atoms with E-state index in [1.165, 1.54) is 6.42 Å². The minimum Gasteiger partial charge on any atom is -0.246 e. The number of halogens is 1. The van der Waals surface area contributed by atoms with Crippen molar-refractivity contribution in [3.8, 4) is 0 Å². The van der Waals surface area contributed by atoms with Crippen LogP contribution in [0.3, 0.4) is 0 Å². The number of hydrogen-bond donors (Lipinski definition) is 0. The number of aryl methyl sites for hydroxylation is 1. The van der Waals surface area contributed by atoms with E-state index in [0.29, 0.717) is 0 Å². The first kappa shape index (κ1) is 10.1. The van der Waals surface area contributed by atoms with E-state index in [1.54, 1.807) is 0 Å². The lowest BCUT2D eigenvalue weighted by atomic mass is 10.4. The van der Waals surface area contributed by atoms with E-state index in [1.807, 2.05) is 18.7 Å². The lowest BCUT2D eigenvalue weighted by Crippen LogP contribution is -1.86. The van der Waals surface area contributed by atoms with Crippen LogP contribution in [0.25, 0.3) is 0 Å². The average Bonchev–Trinajstić information content (AvgIpc) is 2.07. The molecule has 1 aromatic heterocycles. The highest BCUT2D eigenvalue weighted by atomic mass is 79.9. The van der Waals surface area contributed by atoms with Crippen molar-refractivity contribution < 1.29 is 0 Å². The van der Waals surface area contributed by atoms with E-state index in [-0.39, 0.29) is 0 Å². The van der Waals surface area contributed by atoms with Crippen LogP contribution in [0.2, 0.25) is 0 Å². The third kappa shape index (κ3) is 2.79. The predicted molar refractivity (Wildman–Crippen MR) is 57.7 cm³/mol. The zero-order valence-electron chi connectivity index (χ0n) is 7.30. The van der Waals surface area contributed by atoms with Crippen LogP contribution in [0.4, 0.5) is 0 Å². The summed E-state index contributed by atoms with van der Waals surface area (Å²) in [5.74, 6) is 1.15. The second kappa shape index (κ2) is 4.87. The summed E-state index contributed by atoms with van der Waals surface area (Å²) in [6.07, 6.45) is 1.20. The summed E-state index contributed by atoms with van der Waals surface area (Å²) in [6, 6.07) is 4.11. The molecule has 1 heterocycles. The first-order valence-electron chi connectivity index (χ1n) is 4.00. The van der Waals surface area contributed by atoms with Crippen LogP contribution < -0.4 is 0 Å². The summed E-state index contributed by atoms with van der Waals surface area (Å²) in [4.78, 5) is 4.43. The van der Waals surface area contributed by atoms with Crippen molar-refractivity contribution >= 4 is 27.7 Å². The minimum absolute atomic E-state index is 1.07. The fourth-order valence-electron chi connectivity index (χ4n) is 0.808. The highest BCUT2D eigenvalue weighted by Gasteiger charge is 1.98. The third-order valence-electron chi connectivity index (χ3n) is 1.45. The second-order valence-electron chi connectivity index (χ2n) is 2.57. The maximum atomic E-state index is 4.43. The number of nitrogens with zero attached hydrogens (tertiary/aromatic N) is 1. The normalized spacial score (nSPS) is 10.2. The first-order valence-corrected chi connectivity index (χ1v) is 5.78. The van der Waals surface area contributed by atoms with Gasteiger partial charge in [-0.05, 0) is 47.2 Å². The van der Waals surface area contributed by atoms with Gasteiger partial charge in [0.1, 0.15) is 0 Å². The molecule has 0 saturated carbocycles. The number of hydrogen-bond acceptors (Lipinski definition) is 2. The lowest BCUT2D eigenvalue weighted by Gasteiger charge is -2.01. The molecule has 1 nitrogen and oxygen atoms in total. The number of rotatable bonds is 3. The number of aromatic nitrogens is 1. The Hall–Kier alpha value is -0.0200. The Kier molecular flexibility index (Phi) is 4.09. The molecule has 1 rings (SSSR count). The van der Waals surface area contributed by atoms with Gasteiger partial charge in [-0.2, -0.15) is 0 Å². The molecule has 0 saturated heterocycles. The van der Waals surface area contributed by atoms with E-state index in [9.17, 15) is 0 Å². The van der Waals surface area contributed by atoms with Crippen molar-refractivity contribution in [1.29, 1.82) is 0 Å². The molecule has 0 bridgehead atoms. The third-order valence-corrected chi connectivity index (χ3v) is 3.42. The van der Waals surface area contributed by atoms with E-state index >= 15 is 0 Å². The Labute approximate surface area is 86.1 Å². The topological polar surface area (TPSA) is 12.9 Å². The van der Waals surface area contributed by atoms with Crippen LogP contribution in [-0.4, -0.2) is 10.7 Å². The van der Waals surface area contributed by atoms with Gasteiger partial charge in [-0.3, -0.25) is 0 Å². The monoisotopic (exact) mass is 245 g/mol. The van der Waals surface area contributed by atoms with Crippen molar-refractivity contribution in [2.45, 2.75) is 25.3 Å². The van der Waals surface area contributed by atoms with Gasteiger partial charge in [0.05, 0.1) is 10.7 Å². The summed E-state index contributed by atoms with van der Waals surface area (Å²) < 4.78 is 1.09. The molecule has 3 heteroatoms. The van der Waals surface area contributed by atoms with E-state index in [4.69, 9.17) is 0 Å². The predicted octanol–water partition coefficient (Wildman–Crippen LogP) is 3.65. The fourth-order valence-corrected chi connectivity index (χ4v) is 1.81. The van der Waals surface area contributed by atoms with Gasteiger partial charge in [-0.15, -0.1) is 11.8 Å². The molecule has 0 amide bonds. The van der Waals surface area contributed by atoms with Gasteiger partial charge in [-0.1, -0.05) is 6.92 Å². The van der Waals surface area contributed by atoms with Gasteiger partial charge in [-0.25, -0.2) is 4.98 Å². The maximum Gasteiger partial charge on any atom is 0.0963 e. The van der Waals surface area contributed by atoms with Crippen LogP contribution in [0.5, 0.6) is 0 Å². The average molecular weight is 246 g/mol. The molecule has 0 spiro atoms. The molecule has 0 atom stereocenters.